The highest BCUT2D eigenvalue weighted by Gasteiger charge is 2.38. The molecule has 1 aromatic rings. The number of halogens is 5. The number of alkyl halides is 3. The fourth-order valence-corrected chi connectivity index (χ4v) is 1.88. The van der Waals surface area contributed by atoms with E-state index < -0.39 is 24.2 Å². The van der Waals surface area contributed by atoms with E-state index in [4.69, 9.17) is 27.9 Å². The first-order chi connectivity index (χ1) is 10.6. The van der Waals surface area contributed by atoms with Crippen molar-refractivity contribution in [2.75, 3.05) is 0 Å². The van der Waals surface area contributed by atoms with Gasteiger partial charge in [-0.3, -0.25) is 9.59 Å². The van der Waals surface area contributed by atoms with Crippen LogP contribution in [0.15, 0.2) is 18.2 Å². The Hall–Kier alpha value is -1.47. The summed E-state index contributed by atoms with van der Waals surface area (Å²) in [6, 6.07) is 4.27. The smallest absolute Gasteiger partial charge is 0.425 e. The zero-order chi connectivity index (χ0) is 17.6. The highest BCUT2D eigenvalue weighted by atomic mass is 35.5. The summed E-state index contributed by atoms with van der Waals surface area (Å²) in [5, 5.41) is 0.514. The lowest BCUT2D eigenvalue weighted by molar-refractivity contribution is -0.216. The van der Waals surface area contributed by atoms with E-state index in [0.717, 1.165) is 6.92 Å². The number of hydrogen-bond donors (Lipinski definition) is 0. The first-order valence-electron chi connectivity index (χ1n) is 6.51. The molecular weight excluding hydrogens is 360 g/mol. The third-order valence-corrected chi connectivity index (χ3v) is 3.18. The van der Waals surface area contributed by atoms with Gasteiger partial charge in [-0.15, -0.1) is 0 Å². The number of benzene rings is 1. The second kappa shape index (κ2) is 8.40. The molecule has 0 spiro atoms. The number of esters is 2. The molecule has 0 saturated carbocycles. The zero-order valence-corrected chi connectivity index (χ0v) is 13.5. The van der Waals surface area contributed by atoms with Crippen LogP contribution < -0.4 is 4.74 Å². The van der Waals surface area contributed by atoms with Gasteiger partial charge in [0, 0.05) is 17.9 Å². The van der Waals surface area contributed by atoms with E-state index in [-0.39, 0.29) is 30.0 Å². The number of rotatable bonds is 6. The van der Waals surface area contributed by atoms with Gasteiger partial charge in [0.25, 0.3) is 0 Å². The molecule has 4 nitrogen and oxygen atoms in total. The molecule has 0 amide bonds. The van der Waals surface area contributed by atoms with E-state index in [1.807, 2.05) is 0 Å². The van der Waals surface area contributed by atoms with E-state index in [9.17, 15) is 22.8 Å². The van der Waals surface area contributed by atoms with Crippen molar-refractivity contribution in [2.45, 2.75) is 38.5 Å². The minimum Gasteiger partial charge on any atom is -0.453 e. The quantitative estimate of drug-likeness (QED) is 0.542. The van der Waals surface area contributed by atoms with Crippen molar-refractivity contribution in [1.29, 1.82) is 0 Å². The Morgan fingerprint density at radius 3 is 2.35 bits per heavy atom. The van der Waals surface area contributed by atoms with Gasteiger partial charge in [-0.25, -0.2) is 0 Å². The Morgan fingerprint density at radius 1 is 1.17 bits per heavy atom. The van der Waals surface area contributed by atoms with Gasteiger partial charge in [-0.2, -0.15) is 13.2 Å². The summed E-state index contributed by atoms with van der Waals surface area (Å²) in [7, 11) is 0. The molecule has 1 unspecified atom stereocenters. The molecule has 23 heavy (non-hydrogen) atoms. The molecule has 0 fully saturated rings. The molecule has 1 aromatic carbocycles. The van der Waals surface area contributed by atoms with Crippen LogP contribution in [0.4, 0.5) is 13.2 Å². The van der Waals surface area contributed by atoms with Crippen LogP contribution in [0, 0.1) is 0 Å². The van der Waals surface area contributed by atoms with Gasteiger partial charge in [0.2, 0.25) is 0 Å². The molecule has 0 aromatic heterocycles. The molecule has 0 N–H and O–H groups in total. The van der Waals surface area contributed by atoms with E-state index in [2.05, 4.69) is 4.74 Å². The third-order valence-electron chi connectivity index (χ3n) is 2.65. The zero-order valence-electron chi connectivity index (χ0n) is 12.0. The van der Waals surface area contributed by atoms with Gasteiger partial charge in [0.1, 0.15) is 5.75 Å². The molecule has 0 aliphatic heterocycles. The van der Waals surface area contributed by atoms with Crippen LogP contribution in [0.2, 0.25) is 10.0 Å². The van der Waals surface area contributed by atoms with Crippen LogP contribution in [0.1, 0.15) is 26.2 Å². The molecule has 0 radical (unpaired) electrons. The maximum absolute atomic E-state index is 12.2. The lowest BCUT2D eigenvalue weighted by Crippen LogP contribution is -2.30. The van der Waals surface area contributed by atoms with Crippen LogP contribution in [0.5, 0.6) is 5.75 Å². The fourth-order valence-electron chi connectivity index (χ4n) is 1.43. The lowest BCUT2D eigenvalue weighted by atomic mass is 10.2. The van der Waals surface area contributed by atoms with Crippen LogP contribution in [-0.4, -0.2) is 24.2 Å². The summed E-state index contributed by atoms with van der Waals surface area (Å²) in [4.78, 5) is 22.8. The van der Waals surface area contributed by atoms with Crippen LogP contribution in [0.3, 0.4) is 0 Å². The van der Waals surface area contributed by atoms with Crippen molar-refractivity contribution >= 4 is 35.1 Å². The van der Waals surface area contributed by atoms with Crippen molar-refractivity contribution in [1.82, 2.24) is 0 Å². The minimum absolute atomic E-state index is 0.00650. The van der Waals surface area contributed by atoms with Crippen molar-refractivity contribution in [3.05, 3.63) is 28.2 Å². The lowest BCUT2D eigenvalue weighted by Gasteiger charge is -2.16. The fraction of sp³-hybridized carbons (Fsp3) is 0.429. The molecule has 128 valence electrons. The first kappa shape index (κ1) is 19.6. The highest BCUT2D eigenvalue weighted by Crippen LogP contribution is 2.28. The van der Waals surface area contributed by atoms with Crippen molar-refractivity contribution < 1.29 is 32.2 Å². The summed E-state index contributed by atoms with van der Waals surface area (Å²) in [5.74, 6) is -1.60. The number of ether oxygens (including phenoxy) is 2. The largest absolute Gasteiger partial charge is 0.453 e. The average Bonchev–Trinajstić information content (AvgIpc) is 2.40. The van der Waals surface area contributed by atoms with Gasteiger partial charge in [0.05, 0.1) is 5.02 Å². The van der Waals surface area contributed by atoms with E-state index >= 15 is 0 Å². The van der Waals surface area contributed by atoms with E-state index in [1.165, 1.54) is 18.2 Å². The molecule has 1 atom stereocenters. The predicted octanol–water partition coefficient (Wildman–Crippen LogP) is 4.56. The Balaban J connectivity index is 2.35. The maximum atomic E-state index is 12.2. The standard InChI is InChI=1S/C14H13Cl2F3O4/c1-8(14(17,18)19)22-12(20)3-2-4-13(21)23-11-6-5-9(15)7-10(11)16/h5-8H,2-4H2,1H3. The van der Waals surface area contributed by atoms with E-state index in [1.54, 1.807) is 0 Å². The second-order valence-electron chi connectivity index (χ2n) is 4.58. The summed E-state index contributed by atoms with van der Waals surface area (Å²) in [5.41, 5.74) is 0. The molecule has 0 heterocycles. The molecule has 1 rings (SSSR count). The Bertz CT molecular complexity index is 576. The molecule has 0 saturated heterocycles. The summed E-state index contributed by atoms with van der Waals surface area (Å²) < 4.78 is 45.7. The van der Waals surface area contributed by atoms with Gasteiger partial charge in [-0.05, 0) is 31.5 Å². The molecule has 9 heteroatoms. The van der Waals surface area contributed by atoms with Gasteiger partial charge in [-0.1, -0.05) is 23.2 Å². The minimum atomic E-state index is -4.61. The molecule has 0 aliphatic carbocycles. The second-order valence-corrected chi connectivity index (χ2v) is 5.42. The SMILES string of the molecule is CC(OC(=O)CCCC(=O)Oc1ccc(Cl)cc1Cl)C(F)(F)F. The highest BCUT2D eigenvalue weighted by molar-refractivity contribution is 6.35. The van der Waals surface area contributed by atoms with Gasteiger partial charge >= 0.3 is 18.1 Å². The third kappa shape index (κ3) is 7.09. The normalized spacial score (nSPS) is 12.6. The number of carbonyl (C=O) groups excluding carboxylic acids is 2. The molecule has 0 aliphatic rings. The van der Waals surface area contributed by atoms with Crippen LogP contribution in [-0.2, 0) is 14.3 Å². The molecule has 0 bridgehead atoms. The average molecular weight is 373 g/mol. The molecular formula is C14H13Cl2F3O4. The van der Waals surface area contributed by atoms with Crippen molar-refractivity contribution in [3.63, 3.8) is 0 Å². The van der Waals surface area contributed by atoms with E-state index in [0.29, 0.717) is 5.02 Å². The van der Waals surface area contributed by atoms with Gasteiger partial charge < -0.3 is 9.47 Å². The predicted molar refractivity (Wildman–Crippen MR) is 77.6 cm³/mol. The maximum Gasteiger partial charge on any atom is 0.425 e. The monoisotopic (exact) mass is 372 g/mol. The Morgan fingerprint density at radius 2 is 1.78 bits per heavy atom. The number of carbonyl (C=O) groups is 2. The van der Waals surface area contributed by atoms with Crippen LogP contribution >= 0.6 is 23.2 Å². The Kier molecular flexibility index (Phi) is 7.15. The summed E-state index contributed by atoms with van der Waals surface area (Å²) in [6.45, 7) is 0.731. The van der Waals surface area contributed by atoms with Gasteiger partial charge in [0.15, 0.2) is 6.10 Å². The topological polar surface area (TPSA) is 52.6 Å². The number of hydrogen-bond acceptors (Lipinski definition) is 4. The first-order valence-corrected chi connectivity index (χ1v) is 7.27. The Labute approximate surface area is 140 Å². The van der Waals surface area contributed by atoms with Crippen molar-refractivity contribution in [3.8, 4) is 5.75 Å². The summed E-state index contributed by atoms with van der Waals surface area (Å²) in [6.07, 6.45) is -7.30. The van der Waals surface area contributed by atoms with Crippen LogP contribution in [0.25, 0.3) is 0 Å². The summed E-state index contributed by atoms with van der Waals surface area (Å²) >= 11 is 11.5. The van der Waals surface area contributed by atoms with Crippen molar-refractivity contribution in [2.24, 2.45) is 0 Å².